The van der Waals surface area contributed by atoms with E-state index in [-0.39, 0.29) is 11.5 Å². The zero-order chi connectivity index (χ0) is 12.3. The Balaban J connectivity index is 2.02. The average molecular weight is 232 g/mol. The first-order valence-electron chi connectivity index (χ1n) is 4.90. The summed E-state index contributed by atoms with van der Waals surface area (Å²) < 4.78 is 18.1. The smallest absolute Gasteiger partial charge is 0.203 e. The van der Waals surface area contributed by atoms with E-state index in [1.54, 1.807) is 18.2 Å². The Morgan fingerprint density at radius 1 is 1.35 bits per heavy atom. The molecule has 0 aliphatic carbocycles. The zero-order valence-corrected chi connectivity index (χ0v) is 8.77. The van der Waals surface area contributed by atoms with Crippen molar-refractivity contribution < 1.29 is 13.9 Å². The van der Waals surface area contributed by atoms with Gasteiger partial charge in [-0.15, -0.1) is 0 Å². The Hall–Kier alpha value is -2.48. The number of hydrogen-bond acceptors (Lipinski definition) is 4. The van der Waals surface area contributed by atoms with E-state index in [1.165, 1.54) is 12.1 Å². The first-order valence-corrected chi connectivity index (χ1v) is 4.90. The van der Waals surface area contributed by atoms with Gasteiger partial charge in [0.15, 0.2) is 11.6 Å². The first-order chi connectivity index (χ1) is 8.19. The molecule has 4 nitrogen and oxygen atoms in total. The maximum absolute atomic E-state index is 13.0. The number of phenolic OH excluding ortho intramolecular Hbond substituents is 1. The summed E-state index contributed by atoms with van der Waals surface area (Å²) in [4.78, 5) is 0. The van der Waals surface area contributed by atoms with Crippen molar-refractivity contribution in [3.63, 3.8) is 0 Å². The number of anilines is 1. The van der Waals surface area contributed by atoms with Crippen LogP contribution in [0.1, 0.15) is 11.5 Å². The van der Waals surface area contributed by atoms with E-state index >= 15 is 0 Å². The molecular weight excluding hydrogens is 223 g/mol. The summed E-state index contributed by atoms with van der Waals surface area (Å²) in [5.74, 6) is -0.263. The van der Waals surface area contributed by atoms with Crippen LogP contribution in [0.5, 0.6) is 5.75 Å². The van der Waals surface area contributed by atoms with Crippen LogP contribution in [-0.4, -0.2) is 5.11 Å². The highest BCUT2D eigenvalue weighted by atomic mass is 19.1. The molecule has 0 atom stereocenters. The minimum atomic E-state index is -0.688. The minimum Gasteiger partial charge on any atom is -0.505 e. The predicted octanol–water partition coefficient (Wildman–Crippen LogP) is 2.61. The summed E-state index contributed by atoms with van der Waals surface area (Å²) in [5.41, 5.74) is 0.523. The molecule has 1 heterocycles. The fourth-order valence-electron chi connectivity index (χ4n) is 1.34. The standard InChI is InChI=1S/C12H9FN2O2/c13-11-5-8(1-4-12(11)16)15-7-10-3-2-9(6-14)17-10/h1-5,15-16H,7H2. The maximum atomic E-state index is 13.0. The third kappa shape index (κ3) is 2.55. The Morgan fingerprint density at radius 2 is 2.18 bits per heavy atom. The number of benzene rings is 1. The molecular formula is C12H9FN2O2. The molecule has 0 radical (unpaired) electrons. The fourth-order valence-corrected chi connectivity index (χ4v) is 1.34. The summed E-state index contributed by atoms with van der Waals surface area (Å²) in [5, 5.41) is 20.5. The van der Waals surface area contributed by atoms with Gasteiger partial charge in [-0.05, 0) is 24.3 Å². The van der Waals surface area contributed by atoms with E-state index in [4.69, 9.17) is 14.8 Å². The van der Waals surface area contributed by atoms with Crippen LogP contribution in [0.25, 0.3) is 0 Å². The SMILES string of the molecule is N#Cc1ccc(CNc2ccc(O)c(F)c2)o1. The summed E-state index contributed by atoms with van der Waals surface area (Å²) in [6.07, 6.45) is 0. The highest BCUT2D eigenvalue weighted by Gasteiger charge is 2.03. The van der Waals surface area contributed by atoms with Crippen molar-refractivity contribution in [1.82, 2.24) is 0 Å². The zero-order valence-electron chi connectivity index (χ0n) is 8.77. The number of aromatic hydroxyl groups is 1. The van der Waals surface area contributed by atoms with E-state index in [0.29, 0.717) is 18.0 Å². The summed E-state index contributed by atoms with van der Waals surface area (Å²) in [7, 11) is 0. The lowest BCUT2D eigenvalue weighted by Gasteiger charge is -2.04. The van der Waals surface area contributed by atoms with Crippen molar-refractivity contribution in [2.24, 2.45) is 0 Å². The van der Waals surface area contributed by atoms with Crippen LogP contribution in [0.2, 0.25) is 0 Å². The summed E-state index contributed by atoms with van der Waals surface area (Å²) in [6.45, 7) is 0.339. The lowest BCUT2D eigenvalue weighted by atomic mass is 10.3. The number of phenols is 1. The van der Waals surface area contributed by atoms with Gasteiger partial charge in [0.25, 0.3) is 0 Å². The molecule has 17 heavy (non-hydrogen) atoms. The summed E-state index contributed by atoms with van der Waals surface area (Å²) >= 11 is 0. The fraction of sp³-hybridized carbons (Fsp3) is 0.0833. The van der Waals surface area contributed by atoms with Gasteiger partial charge in [-0.3, -0.25) is 0 Å². The number of nitrogens with zero attached hydrogens (tertiary/aromatic N) is 1. The lowest BCUT2D eigenvalue weighted by Crippen LogP contribution is -1.98. The number of nitriles is 1. The molecule has 0 spiro atoms. The van der Waals surface area contributed by atoms with Crippen LogP contribution in [0, 0.1) is 17.1 Å². The second kappa shape index (κ2) is 4.58. The third-order valence-electron chi connectivity index (χ3n) is 2.19. The number of rotatable bonds is 3. The van der Waals surface area contributed by atoms with Crippen molar-refractivity contribution in [2.45, 2.75) is 6.54 Å². The molecule has 0 aliphatic heterocycles. The molecule has 0 fully saturated rings. The summed E-state index contributed by atoms with van der Waals surface area (Å²) in [6, 6.07) is 9.10. The Morgan fingerprint density at radius 3 is 2.82 bits per heavy atom. The number of nitrogens with one attached hydrogen (secondary N) is 1. The third-order valence-corrected chi connectivity index (χ3v) is 2.19. The highest BCUT2D eigenvalue weighted by molar-refractivity contribution is 5.47. The van der Waals surface area contributed by atoms with Crippen molar-refractivity contribution in [3.05, 3.63) is 47.7 Å². The molecule has 2 rings (SSSR count). The molecule has 0 saturated heterocycles. The van der Waals surface area contributed by atoms with Crippen molar-refractivity contribution in [3.8, 4) is 11.8 Å². The number of hydrogen-bond donors (Lipinski definition) is 2. The lowest BCUT2D eigenvalue weighted by molar-refractivity contribution is 0.432. The van der Waals surface area contributed by atoms with Gasteiger partial charge in [0.2, 0.25) is 5.76 Å². The predicted molar refractivity (Wildman–Crippen MR) is 58.8 cm³/mol. The van der Waals surface area contributed by atoms with Gasteiger partial charge in [-0.25, -0.2) is 4.39 Å². The Labute approximate surface area is 96.9 Å². The van der Waals surface area contributed by atoms with Gasteiger partial charge in [0.05, 0.1) is 6.54 Å². The largest absolute Gasteiger partial charge is 0.505 e. The van der Waals surface area contributed by atoms with E-state index in [2.05, 4.69) is 5.32 Å². The van der Waals surface area contributed by atoms with Crippen molar-refractivity contribution in [2.75, 3.05) is 5.32 Å². The van der Waals surface area contributed by atoms with Gasteiger partial charge < -0.3 is 14.8 Å². The van der Waals surface area contributed by atoms with Gasteiger partial charge in [0, 0.05) is 11.8 Å². The number of halogens is 1. The van der Waals surface area contributed by atoms with E-state index in [9.17, 15) is 4.39 Å². The van der Waals surface area contributed by atoms with Crippen LogP contribution in [0.3, 0.4) is 0 Å². The molecule has 0 aliphatic rings. The molecule has 0 saturated carbocycles. The minimum absolute atomic E-state index is 0.235. The van der Waals surface area contributed by atoms with Crippen molar-refractivity contribution >= 4 is 5.69 Å². The van der Waals surface area contributed by atoms with Crippen LogP contribution in [0.4, 0.5) is 10.1 Å². The molecule has 0 unspecified atom stereocenters. The van der Waals surface area contributed by atoms with Crippen LogP contribution < -0.4 is 5.32 Å². The molecule has 1 aromatic carbocycles. The highest BCUT2D eigenvalue weighted by Crippen LogP contribution is 2.20. The molecule has 86 valence electrons. The van der Waals surface area contributed by atoms with E-state index in [0.717, 1.165) is 0 Å². The van der Waals surface area contributed by atoms with Gasteiger partial charge in [-0.1, -0.05) is 0 Å². The van der Waals surface area contributed by atoms with E-state index < -0.39 is 5.82 Å². The molecule has 5 heteroatoms. The van der Waals surface area contributed by atoms with E-state index in [1.807, 2.05) is 6.07 Å². The van der Waals surface area contributed by atoms with Crippen molar-refractivity contribution in [1.29, 1.82) is 5.26 Å². The Bertz CT molecular complexity index is 572. The van der Waals surface area contributed by atoms with Crippen LogP contribution >= 0.6 is 0 Å². The normalized spacial score (nSPS) is 9.88. The van der Waals surface area contributed by atoms with Gasteiger partial charge in [-0.2, -0.15) is 5.26 Å². The molecule has 2 N–H and O–H groups in total. The second-order valence-electron chi connectivity index (χ2n) is 3.40. The number of furan rings is 1. The first kappa shape index (κ1) is 11.0. The van der Waals surface area contributed by atoms with Crippen LogP contribution in [0.15, 0.2) is 34.7 Å². The second-order valence-corrected chi connectivity index (χ2v) is 3.40. The average Bonchev–Trinajstić information content (AvgIpc) is 2.79. The van der Waals surface area contributed by atoms with Crippen LogP contribution in [-0.2, 0) is 6.54 Å². The molecule has 2 aromatic rings. The molecule has 1 aromatic heterocycles. The quantitative estimate of drug-likeness (QED) is 0.798. The molecule has 0 bridgehead atoms. The maximum Gasteiger partial charge on any atom is 0.203 e. The molecule has 0 amide bonds. The van der Waals surface area contributed by atoms with Gasteiger partial charge in [0.1, 0.15) is 11.8 Å². The monoisotopic (exact) mass is 232 g/mol. The topological polar surface area (TPSA) is 69.2 Å². The van der Waals surface area contributed by atoms with Gasteiger partial charge >= 0.3 is 0 Å². The Kier molecular flexibility index (Phi) is 2.97.